The van der Waals surface area contributed by atoms with E-state index in [0.717, 1.165) is 16.5 Å². The molecule has 0 bridgehead atoms. The number of carbonyl (C=O) groups is 1. The van der Waals surface area contributed by atoms with Crippen LogP contribution in [0, 0.1) is 5.82 Å². The van der Waals surface area contributed by atoms with Gasteiger partial charge in [0.15, 0.2) is 0 Å². The molecule has 2 atom stereocenters. The molecule has 1 amide bonds. The normalized spacial score (nSPS) is 20.2. The smallest absolute Gasteiger partial charge is 0.270 e. The van der Waals surface area contributed by atoms with E-state index in [4.69, 9.17) is 0 Å². The Morgan fingerprint density at radius 2 is 1.85 bits per heavy atom. The largest absolute Gasteiger partial charge is 0.351 e. The fourth-order valence-corrected chi connectivity index (χ4v) is 3.87. The van der Waals surface area contributed by atoms with Crippen molar-refractivity contribution in [3.05, 3.63) is 71.7 Å². The molecule has 1 N–H and O–H groups in total. The summed E-state index contributed by atoms with van der Waals surface area (Å²) in [5.41, 5.74) is 2.65. The standard InChI is InChI=1S/C21H22FN3O/c1-24(2)20-13-25(12-17(20)14-7-9-16(22)10-8-14)21(26)19-11-15-5-3-4-6-18(15)23-19/h3-11,17,20,23H,12-13H2,1-2H3/t17-,20+/m0/s1. The predicted molar refractivity (Wildman–Crippen MR) is 101 cm³/mol. The Morgan fingerprint density at radius 3 is 2.54 bits per heavy atom. The van der Waals surface area contributed by atoms with Crippen LogP contribution >= 0.6 is 0 Å². The minimum atomic E-state index is -0.237. The SMILES string of the molecule is CN(C)[C@@H]1CN(C(=O)c2cc3ccccc3[nH]2)C[C@H]1c1ccc(F)cc1. The van der Waals surface area contributed by atoms with Crippen molar-refractivity contribution in [1.82, 2.24) is 14.8 Å². The first kappa shape index (κ1) is 16.8. The summed E-state index contributed by atoms with van der Waals surface area (Å²) in [6.45, 7) is 1.28. The summed E-state index contributed by atoms with van der Waals surface area (Å²) in [6, 6.07) is 16.6. The van der Waals surface area contributed by atoms with Crippen LogP contribution < -0.4 is 0 Å². The predicted octanol–water partition coefficient (Wildman–Crippen LogP) is 3.48. The van der Waals surface area contributed by atoms with Gasteiger partial charge in [0, 0.05) is 36.0 Å². The summed E-state index contributed by atoms with van der Waals surface area (Å²) in [4.78, 5) is 20.3. The van der Waals surface area contributed by atoms with E-state index in [1.165, 1.54) is 12.1 Å². The van der Waals surface area contributed by atoms with Crippen LogP contribution in [0.2, 0.25) is 0 Å². The second-order valence-corrected chi connectivity index (χ2v) is 7.17. The summed E-state index contributed by atoms with van der Waals surface area (Å²) in [5, 5.41) is 1.04. The Hall–Kier alpha value is -2.66. The summed E-state index contributed by atoms with van der Waals surface area (Å²) >= 11 is 0. The van der Waals surface area contributed by atoms with Crippen molar-refractivity contribution in [1.29, 1.82) is 0 Å². The van der Waals surface area contributed by atoms with Gasteiger partial charge in [-0.25, -0.2) is 4.39 Å². The molecule has 2 heterocycles. The number of nitrogens with zero attached hydrogens (tertiary/aromatic N) is 2. The molecule has 26 heavy (non-hydrogen) atoms. The topological polar surface area (TPSA) is 39.3 Å². The molecule has 0 unspecified atom stereocenters. The molecule has 1 saturated heterocycles. The van der Waals surface area contributed by atoms with Crippen LogP contribution in [0.4, 0.5) is 4.39 Å². The Bertz CT molecular complexity index is 899. The number of rotatable bonds is 3. The van der Waals surface area contributed by atoms with Gasteiger partial charge in [-0.15, -0.1) is 0 Å². The molecular weight excluding hydrogens is 329 g/mol. The lowest BCUT2D eigenvalue weighted by Gasteiger charge is -2.25. The van der Waals surface area contributed by atoms with E-state index in [-0.39, 0.29) is 23.7 Å². The number of likely N-dealkylation sites (tertiary alicyclic amines) is 1. The zero-order valence-electron chi connectivity index (χ0n) is 14.9. The van der Waals surface area contributed by atoms with Gasteiger partial charge in [0.2, 0.25) is 0 Å². The number of hydrogen-bond acceptors (Lipinski definition) is 2. The second-order valence-electron chi connectivity index (χ2n) is 7.17. The molecule has 1 aliphatic rings. The summed E-state index contributed by atoms with van der Waals surface area (Å²) in [6.07, 6.45) is 0. The van der Waals surface area contributed by atoms with Gasteiger partial charge in [0.1, 0.15) is 11.5 Å². The van der Waals surface area contributed by atoms with Crippen molar-refractivity contribution in [2.45, 2.75) is 12.0 Å². The third-order valence-corrected chi connectivity index (χ3v) is 5.30. The van der Waals surface area contributed by atoms with Crippen LogP contribution in [0.15, 0.2) is 54.6 Å². The van der Waals surface area contributed by atoms with Crippen molar-refractivity contribution in [2.24, 2.45) is 0 Å². The molecule has 3 aromatic rings. The van der Waals surface area contributed by atoms with Crippen LogP contribution in [-0.4, -0.2) is 53.9 Å². The van der Waals surface area contributed by atoms with Crippen LogP contribution in [0.25, 0.3) is 10.9 Å². The van der Waals surface area contributed by atoms with Gasteiger partial charge in [-0.1, -0.05) is 30.3 Å². The maximum absolute atomic E-state index is 13.3. The molecule has 2 aromatic carbocycles. The van der Waals surface area contributed by atoms with E-state index < -0.39 is 0 Å². The van der Waals surface area contributed by atoms with Crippen molar-refractivity contribution in [3.8, 4) is 0 Å². The third-order valence-electron chi connectivity index (χ3n) is 5.30. The average Bonchev–Trinajstić information content (AvgIpc) is 3.26. The number of aromatic amines is 1. The summed E-state index contributed by atoms with van der Waals surface area (Å²) in [7, 11) is 4.05. The van der Waals surface area contributed by atoms with Gasteiger partial charge in [0.25, 0.3) is 5.91 Å². The number of halogens is 1. The zero-order valence-corrected chi connectivity index (χ0v) is 14.9. The number of fused-ring (bicyclic) bond motifs is 1. The average molecular weight is 351 g/mol. The molecule has 4 nitrogen and oxygen atoms in total. The monoisotopic (exact) mass is 351 g/mol. The number of nitrogens with one attached hydrogen (secondary N) is 1. The van der Waals surface area contributed by atoms with Gasteiger partial charge in [-0.3, -0.25) is 4.79 Å². The van der Waals surface area contributed by atoms with Gasteiger partial charge < -0.3 is 14.8 Å². The van der Waals surface area contributed by atoms with Crippen LogP contribution in [0.1, 0.15) is 22.0 Å². The van der Waals surface area contributed by atoms with Crippen LogP contribution in [0.3, 0.4) is 0 Å². The molecule has 0 spiro atoms. The Labute approximate surface area is 152 Å². The van der Waals surface area contributed by atoms with E-state index in [2.05, 4.69) is 9.88 Å². The molecular formula is C21H22FN3O. The summed E-state index contributed by atoms with van der Waals surface area (Å²) in [5.74, 6) is -0.0595. The van der Waals surface area contributed by atoms with Crippen molar-refractivity contribution < 1.29 is 9.18 Å². The third kappa shape index (κ3) is 2.99. The van der Waals surface area contributed by atoms with Gasteiger partial charge in [-0.05, 0) is 43.9 Å². The lowest BCUT2D eigenvalue weighted by molar-refractivity contribution is 0.0777. The number of hydrogen-bond donors (Lipinski definition) is 1. The number of amides is 1. The molecule has 1 aromatic heterocycles. The Balaban J connectivity index is 1.60. The highest BCUT2D eigenvalue weighted by Crippen LogP contribution is 2.31. The van der Waals surface area contributed by atoms with E-state index in [0.29, 0.717) is 18.8 Å². The Morgan fingerprint density at radius 1 is 1.12 bits per heavy atom. The maximum atomic E-state index is 13.3. The number of carbonyl (C=O) groups excluding carboxylic acids is 1. The number of para-hydroxylation sites is 1. The molecule has 134 valence electrons. The van der Waals surface area contributed by atoms with Gasteiger partial charge >= 0.3 is 0 Å². The number of likely N-dealkylation sites (N-methyl/N-ethyl adjacent to an activating group) is 1. The fourth-order valence-electron chi connectivity index (χ4n) is 3.87. The van der Waals surface area contributed by atoms with Crippen molar-refractivity contribution in [3.63, 3.8) is 0 Å². The first-order chi connectivity index (χ1) is 12.5. The van der Waals surface area contributed by atoms with Crippen molar-refractivity contribution in [2.75, 3.05) is 27.2 Å². The van der Waals surface area contributed by atoms with E-state index in [1.54, 1.807) is 0 Å². The highest BCUT2D eigenvalue weighted by Gasteiger charge is 2.38. The summed E-state index contributed by atoms with van der Waals surface area (Å²) < 4.78 is 13.3. The molecule has 1 aliphatic heterocycles. The molecule has 4 rings (SSSR count). The van der Waals surface area contributed by atoms with E-state index >= 15 is 0 Å². The lowest BCUT2D eigenvalue weighted by atomic mass is 9.94. The van der Waals surface area contributed by atoms with Crippen LogP contribution in [-0.2, 0) is 0 Å². The number of benzene rings is 2. The molecule has 5 heteroatoms. The quantitative estimate of drug-likeness (QED) is 0.785. The second kappa shape index (κ2) is 6.57. The van der Waals surface area contributed by atoms with E-state index in [1.807, 2.05) is 61.5 Å². The first-order valence-corrected chi connectivity index (χ1v) is 8.82. The van der Waals surface area contributed by atoms with Gasteiger partial charge in [0.05, 0.1) is 0 Å². The molecule has 1 fully saturated rings. The van der Waals surface area contributed by atoms with Crippen LogP contribution in [0.5, 0.6) is 0 Å². The molecule has 0 aliphatic carbocycles. The minimum Gasteiger partial charge on any atom is -0.351 e. The Kier molecular flexibility index (Phi) is 4.24. The highest BCUT2D eigenvalue weighted by molar-refractivity contribution is 5.98. The number of H-pyrrole nitrogens is 1. The van der Waals surface area contributed by atoms with Crippen molar-refractivity contribution >= 4 is 16.8 Å². The van der Waals surface area contributed by atoms with E-state index in [9.17, 15) is 9.18 Å². The molecule has 0 saturated carbocycles. The molecule has 0 radical (unpaired) electrons. The zero-order chi connectivity index (χ0) is 18.3. The first-order valence-electron chi connectivity index (χ1n) is 8.82. The highest BCUT2D eigenvalue weighted by atomic mass is 19.1. The minimum absolute atomic E-state index is 0.0117. The number of aromatic nitrogens is 1. The van der Waals surface area contributed by atoms with Gasteiger partial charge in [-0.2, -0.15) is 0 Å². The maximum Gasteiger partial charge on any atom is 0.270 e. The fraction of sp³-hybridized carbons (Fsp3) is 0.286. The lowest BCUT2D eigenvalue weighted by Crippen LogP contribution is -2.35.